The van der Waals surface area contributed by atoms with Crippen LogP contribution in [0.4, 0.5) is 5.69 Å². The minimum absolute atomic E-state index is 0.102. The number of rotatable bonds is 4. The molecule has 1 atom stereocenters. The second-order valence-corrected chi connectivity index (χ2v) is 5.26. The fourth-order valence-electron chi connectivity index (χ4n) is 2.47. The van der Waals surface area contributed by atoms with E-state index in [2.05, 4.69) is 27.6 Å². The molecule has 0 saturated carbocycles. The van der Waals surface area contributed by atoms with Crippen molar-refractivity contribution < 1.29 is 4.79 Å². The highest BCUT2D eigenvalue weighted by Crippen LogP contribution is 2.20. The van der Waals surface area contributed by atoms with E-state index in [1.165, 1.54) is 6.33 Å². The van der Waals surface area contributed by atoms with Crippen LogP contribution in [0.2, 0.25) is 0 Å². The van der Waals surface area contributed by atoms with Gasteiger partial charge in [0.15, 0.2) is 0 Å². The first-order valence-electron chi connectivity index (χ1n) is 7.18. The van der Waals surface area contributed by atoms with Crippen LogP contribution in [0.1, 0.15) is 24.8 Å². The summed E-state index contributed by atoms with van der Waals surface area (Å²) in [7, 11) is 0. The van der Waals surface area contributed by atoms with Gasteiger partial charge in [0.2, 0.25) is 5.91 Å². The molecule has 5 nitrogen and oxygen atoms in total. The lowest BCUT2D eigenvalue weighted by molar-refractivity contribution is -0.120. The van der Waals surface area contributed by atoms with Crippen molar-refractivity contribution in [3.8, 4) is 0 Å². The maximum atomic E-state index is 12.1. The minimum Gasteiger partial charge on any atom is -0.326 e. The first kappa shape index (κ1) is 13.5. The van der Waals surface area contributed by atoms with Gasteiger partial charge >= 0.3 is 0 Å². The standard InChI is InChI=1S/C16H18N4O/c21-16(14-4-2-1-3-5-14)19-15-8-6-13(7-9-15)10-20-12-17-11-18-20/h1-2,6-9,11-12,14H,3-5,10H2,(H,19,21)/t14-/m0/s1. The molecule has 21 heavy (non-hydrogen) atoms. The summed E-state index contributed by atoms with van der Waals surface area (Å²) in [5, 5.41) is 7.06. The smallest absolute Gasteiger partial charge is 0.227 e. The van der Waals surface area contributed by atoms with E-state index in [-0.39, 0.29) is 11.8 Å². The number of hydrogen-bond donors (Lipinski definition) is 1. The third-order valence-electron chi connectivity index (χ3n) is 3.67. The molecule has 1 amide bonds. The number of amides is 1. The predicted octanol–water partition coefficient (Wildman–Crippen LogP) is 2.62. The maximum Gasteiger partial charge on any atom is 0.227 e. The summed E-state index contributed by atoms with van der Waals surface area (Å²) in [5.41, 5.74) is 1.97. The van der Waals surface area contributed by atoms with E-state index in [0.717, 1.165) is 30.5 Å². The first-order valence-corrected chi connectivity index (χ1v) is 7.18. The Morgan fingerprint density at radius 1 is 1.29 bits per heavy atom. The van der Waals surface area contributed by atoms with E-state index in [1.54, 1.807) is 11.0 Å². The van der Waals surface area contributed by atoms with Crippen LogP contribution < -0.4 is 5.32 Å². The molecule has 0 saturated heterocycles. The van der Waals surface area contributed by atoms with Gasteiger partial charge in [-0.3, -0.25) is 4.79 Å². The third-order valence-corrected chi connectivity index (χ3v) is 3.67. The number of nitrogens with zero attached hydrogens (tertiary/aromatic N) is 3. The maximum absolute atomic E-state index is 12.1. The highest BCUT2D eigenvalue weighted by molar-refractivity contribution is 5.92. The van der Waals surface area contributed by atoms with Crippen LogP contribution in [0, 0.1) is 5.92 Å². The van der Waals surface area contributed by atoms with Gasteiger partial charge in [0.1, 0.15) is 12.7 Å². The highest BCUT2D eigenvalue weighted by atomic mass is 16.1. The Labute approximate surface area is 123 Å². The Morgan fingerprint density at radius 3 is 2.81 bits per heavy atom. The fraction of sp³-hybridized carbons (Fsp3) is 0.312. The van der Waals surface area contributed by atoms with Crippen LogP contribution >= 0.6 is 0 Å². The lowest BCUT2D eigenvalue weighted by Crippen LogP contribution is -2.23. The minimum atomic E-state index is 0.102. The summed E-state index contributed by atoms with van der Waals surface area (Å²) < 4.78 is 1.77. The SMILES string of the molecule is O=C(Nc1ccc(Cn2cncn2)cc1)[C@H]1CC=CCC1. The van der Waals surface area contributed by atoms with Crippen LogP contribution in [0.25, 0.3) is 0 Å². The highest BCUT2D eigenvalue weighted by Gasteiger charge is 2.18. The van der Waals surface area contributed by atoms with Gasteiger partial charge in [-0.15, -0.1) is 0 Å². The lowest BCUT2D eigenvalue weighted by Gasteiger charge is -2.17. The number of carbonyl (C=O) groups excluding carboxylic acids is 1. The molecule has 0 spiro atoms. The van der Waals surface area contributed by atoms with Crippen LogP contribution in [0.15, 0.2) is 49.1 Å². The monoisotopic (exact) mass is 282 g/mol. The number of hydrogen-bond acceptors (Lipinski definition) is 3. The number of allylic oxidation sites excluding steroid dienone is 2. The molecule has 1 aliphatic rings. The number of nitrogens with one attached hydrogen (secondary N) is 1. The van der Waals surface area contributed by atoms with Gasteiger partial charge in [0, 0.05) is 11.6 Å². The Hall–Kier alpha value is -2.43. The molecular weight excluding hydrogens is 264 g/mol. The zero-order valence-electron chi connectivity index (χ0n) is 11.8. The molecule has 1 aliphatic carbocycles. The van der Waals surface area contributed by atoms with Gasteiger partial charge in [-0.1, -0.05) is 24.3 Å². The molecule has 0 bridgehead atoms. The second kappa shape index (κ2) is 6.35. The second-order valence-electron chi connectivity index (χ2n) is 5.26. The quantitative estimate of drug-likeness (QED) is 0.877. The molecule has 5 heteroatoms. The molecule has 108 valence electrons. The van der Waals surface area contributed by atoms with Crippen LogP contribution in [-0.4, -0.2) is 20.7 Å². The molecule has 0 unspecified atom stereocenters. The Kier molecular flexibility index (Phi) is 4.09. The lowest BCUT2D eigenvalue weighted by atomic mass is 9.93. The van der Waals surface area contributed by atoms with E-state index in [1.807, 2.05) is 24.3 Å². The van der Waals surface area contributed by atoms with Crippen LogP contribution in [-0.2, 0) is 11.3 Å². The van der Waals surface area contributed by atoms with Crippen molar-refractivity contribution in [2.75, 3.05) is 5.32 Å². The van der Waals surface area contributed by atoms with E-state index >= 15 is 0 Å². The Balaban J connectivity index is 1.59. The molecule has 0 radical (unpaired) electrons. The fourth-order valence-corrected chi connectivity index (χ4v) is 2.47. The molecule has 0 aliphatic heterocycles. The molecule has 1 aromatic carbocycles. The van der Waals surface area contributed by atoms with Crippen molar-refractivity contribution in [3.63, 3.8) is 0 Å². The average molecular weight is 282 g/mol. The molecular formula is C16H18N4O. The van der Waals surface area contributed by atoms with E-state index in [0.29, 0.717) is 6.54 Å². The Bertz CT molecular complexity index is 616. The molecule has 2 aromatic rings. The summed E-state index contributed by atoms with van der Waals surface area (Å²) in [5.74, 6) is 0.216. The predicted molar refractivity (Wildman–Crippen MR) is 80.7 cm³/mol. The van der Waals surface area contributed by atoms with Gasteiger partial charge in [-0.25, -0.2) is 9.67 Å². The topological polar surface area (TPSA) is 59.8 Å². The molecule has 1 aromatic heterocycles. The zero-order valence-corrected chi connectivity index (χ0v) is 11.8. The zero-order chi connectivity index (χ0) is 14.5. The summed E-state index contributed by atoms with van der Waals surface area (Å²) >= 11 is 0. The van der Waals surface area contributed by atoms with Crippen molar-refractivity contribution in [3.05, 3.63) is 54.6 Å². The van der Waals surface area contributed by atoms with Crippen molar-refractivity contribution in [2.45, 2.75) is 25.8 Å². The molecule has 1 heterocycles. The third kappa shape index (κ3) is 3.56. The normalized spacial score (nSPS) is 17.6. The summed E-state index contributed by atoms with van der Waals surface area (Å²) in [6.07, 6.45) is 10.2. The van der Waals surface area contributed by atoms with E-state index < -0.39 is 0 Å². The first-order chi connectivity index (χ1) is 10.3. The van der Waals surface area contributed by atoms with E-state index in [4.69, 9.17) is 0 Å². The number of carbonyl (C=O) groups is 1. The number of benzene rings is 1. The summed E-state index contributed by atoms with van der Waals surface area (Å²) in [6, 6.07) is 7.86. The Morgan fingerprint density at radius 2 is 2.14 bits per heavy atom. The summed E-state index contributed by atoms with van der Waals surface area (Å²) in [4.78, 5) is 16.1. The van der Waals surface area contributed by atoms with Gasteiger partial charge in [-0.2, -0.15) is 5.10 Å². The van der Waals surface area contributed by atoms with Crippen molar-refractivity contribution in [1.29, 1.82) is 0 Å². The average Bonchev–Trinajstić information content (AvgIpc) is 3.03. The van der Waals surface area contributed by atoms with Gasteiger partial charge in [0.25, 0.3) is 0 Å². The van der Waals surface area contributed by atoms with Gasteiger partial charge in [0.05, 0.1) is 6.54 Å². The van der Waals surface area contributed by atoms with Crippen LogP contribution in [0.3, 0.4) is 0 Å². The number of aromatic nitrogens is 3. The van der Waals surface area contributed by atoms with Crippen molar-refractivity contribution in [2.24, 2.45) is 5.92 Å². The van der Waals surface area contributed by atoms with E-state index in [9.17, 15) is 4.79 Å². The van der Waals surface area contributed by atoms with Crippen molar-refractivity contribution in [1.82, 2.24) is 14.8 Å². The number of anilines is 1. The van der Waals surface area contributed by atoms with Gasteiger partial charge < -0.3 is 5.32 Å². The largest absolute Gasteiger partial charge is 0.326 e. The van der Waals surface area contributed by atoms with Gasteiger partial charge in [-0.05, 0) is 37.0 Å². The molecule has 0 fully saturated rings. The molecule has 3 rings (SSSR count). The van der Waals surface area contributed by atoms with Crippen LogP contribution in [0.5, 0.6) is 0 Å². The molecule has 1 N–H and O–H groups in total. The summed E-state index contributed by atoms with van der Waals surface area (Å²) in [6.45, 7) is 0.682. The van der Waals surface area contributed by atoms with Crippen molar-refractivity contribution >= 4 is 11.6 Å².